The molecule has 1 rings (SSSR count). The summed E-state index contributed by atoms with van der Waals surface area (Å²) in [5.74, 6) is -1.52. The number of unbranched alkanes of at least 4 members (excludes halogenated alkanes) is 3. The molecule has 5 nitrogen and oxygen atoms in total. The van der Waals surface area contributed by atoms with Crippen LogP contribution < -0.4 is 5.73 Å². The Labute approximate surface area is 139 Å². The maximum Gasteiger partial charge on any atom is 0.331 e. The highest BCUT2D eigenvalue weighted by Crippen LogP contribution is 2.48. The van der Waals surface area contributed by atoms with Gasteiger partial charge in [0.05, 0.1) is 11.9 Å². The Kier molecular flexibility index (Phi) is 9.11. The van der Waals surface area contributed by atoms with Crippen LogP contribution in [0.25, 0.3) is 0 Å². The Balaban J connectivity index is 2.60. The van der Waals surface area contributed by atoms with Gasteiger partial charge in [-0.3, -0.25) is 4.57 Å². The molecule has 0 heterocycles. The van der Waals surface area contributed by atoms with Crippen LogP contribution in [0.1, 0.15) is 71.1 Å². The molecule has 2 unspecified atom stereocenters. The first kappa shape index (κ1) is 20.4. The molecule has 0 spiro atoms. The zero-order valence-electron chi connectivity index (χ0n) is 14.2. The number of aliphatic carboxylic acids is 1. The van der Waals surface area contributed by atoms with Crippen LogP contribution in [0.3, 0.4) is 0 Å². The first-order chi connectivity index (χ1) is 10.9. The Morgan fingerprint density at radius 3 is 2.52 bits per heavy atom. The van der Waals surface area contributed by atoms with Gasteiger partial charge >= 0.3 is 5.97 Å². The average molecular weight is 345 g/mol. The maximum absolute atomic E-state index is 12.5. The van der Waals surface area contributed by atoms with E-state index in [4.69, 9.17) is 5.73 Å². The second kappa shape index (κ2) is 10.3. The zero-order chi connectivity index (χ0) is 17.3. The number of carboxylic acids is 1. The fourth-order valence-electron chi connectivity index (χ4n) is 3.18. The third kappa shape index (κ3) is 7.65. The SMILES string of the molecule is CCCCCC=C(CP(=O)(O)C(N)CC1CCCCC1)C(=O)O. The summed E-state index contributed by atoms with van der Waals surface area (Å²) in [7, 11) is -3.69. The van der Waals surface area contributed by atoms with Gasteiger partial charge in [0.1, 0.15) is 0 Å². The summed E-state index contributed by atoms with van der Waals surface area (Å²) in [6.45, 7) is 2.08. The number of rotatable bonds is 10. The number of allylic oxidation sites excluding steroid dienone is 1. The second-order valence-electron chi connectivity index (χ2n) is 6.75. The van der Waals surface area contributed by atoms with Crippen molar-refractivity contribution < 1.29 is 19.4 Å². The molecule has 0 amide bonds. The Morgan fingerprint density at radius 1 is 1.30 bits per heavy atom. The molecule has 0 bridgehead atoms. The fourth-order valence-corrected chi connectivity index (χ4v) is 4.80. The van der Waals surface area contributed by atoms with Crippen molar-refractivity contribution >= 4 is 13.3 Å². The van der Waals surface area contributed by atoms with Gasteiger partial charge in [0.2, 0.25) is 7.37 Å². The van der Waals surface area contributed by atoms with Gasteiger partial charge in [0.25, 0.3) is 0 Å². The van der Waals surface area contributed by atoms with Crippen LogP contribution in [-0.2, 0) is 9.36 Å². The summed E-state index contributed by atoms with van der Waals surface area (Å²) >= 11 is 0. The van der Waals surface area contributed by atoms with E-state index in [1.54, 1.807) is 6.08 Å². The van der Waals surface area contributed by atoms with E-state index in [0.29, 0.717) is 18.8 Å². The summed E-state index contributed by atoms with van der Waals surface area (Å²) in [6, 6.07) is 0. The smallest absolute Gasteiger partial charge is 0.331 e. The van der Waals surface area contributed by atoms with Gasteiger partial charge in [-0.1, -0.05) is 57.9 Å². The van der Waals surface area contributed by atoms with Gasteiger partial charge in [-0.25, -0.2) is 4.79 Å². The molecule has 1 fully saturated rings. The van der Waals surface area contributed by atoms with Crippen molar-refractivity contribution in [1.82, 2.24) is 0 Å². The molecule has 0 aliphatic heterocycles. The Bertz CT molecular complexity index is 444. The van der Waals surface area contributed by atoms with Crippen molar-refractivity contribution in [2.45, 2.75) is 76.9 Å². The lowest BCUT2D eigenvalue weighted by Gasteiger charge is -2.27. The van der Waals surface area contributed by atoms with Crippen LogP contribution in [0.4, 0.5) is 0 Å². The first-order valence-corrected chi connectivity index (χ1v) is 10.8. The molecular formula is C17H32NO4P. The number of nitrogens with two attached hydrogens (primary N) is 1. The molecule has 0 radical (unpaired) electrons. The van der Waals surface area contributed by atoms with Crippen LogP contribution in [0.15, 0.2) is 11.6 Å². The molecule has 4 N–H and O–H groups in total. The van der Waals surface area contributed by atoms with Crippen LogP contribution in [0.5, 0.6) is 0 Å². The third-order valence-electron chi connectivity index (χ3n) is 4.69. The predicted molar refractivity (Wildman–Crippen MR) is 93.7 cm³/mol. The predicted octanol–water partition coefficient (Wildman–Crippen LogP) is 4.10. The molecule has 1 aliphatic carbocycles. The number of carbonyl (C=O) groups is 1. The van der Waals surface area contributed by atoms with E-state index in [0.717, 1.165) is 44.9 Å². The number of hydrogen-bond donors (Lipinski definition) is 3. The van der Waals surface area contributed by atoms with E-state index in [2.05, 4.69) is 6.92 Å². The molecule has 0 aromatic rings. The van der Waals surface area contributed by atoms with Crippen LogP contribution in [0, 0.1) is 5.92 Å². The van der Waals surface area contributed by atoms with Crippen LogP contribution >= 0.6 is 7.37 Å². The minimum atomic E-state index is -3.69. The van der Waals surface area contributed by atoms with Gasteiger partial charge in [-0.2, -0.15) is 0 Å². The molecule has 1 saturated carbocycles. The van der Waals surface area contributed by atoms with Crippen molar-refractivity contribution in [3.05, 3.63) is 11.6 Å². The van der Waals surface area contributed by atoms with Gasteiger partial charge in [-0.05, 0) is 25.2 Å². The molecule has 23 heavy (non-hydrogen) atoms. The number of hydrogen-bond acceptors (Lipinski definition) is 3. The highest BCUT2D eigenvalue weighted by atomic mass is 31.2. The highest BCUT2D eigenvalue weighted by Gasteiger charge is 2.32. The second-order valence-corrected chi connectivity index (χ2v) is 9.24. The minimum absolute atomic E-state index is 0.0334. The minimum Gasteiger partial charge on any atom is -0.478 e. The Morgan fingerprint density at radius 2 is 1.96 bits per heavy atom. The van der Waals surface area contributed by atoms with Crippen molar-refractivity contribution in [3.8, 4) is 0 Å². The van der Waals surface area contributed by atoms with Crippen LogP contribution in [0.2, 0.25) is 0 Å². The first-order valence-electron chi connectivity index (χ1n) is 8.86. The summed E-state index contributed by atoms with van der Waals surface area (Å²) in [4.78, 5) is 21.6. The van der Waals surface area contributed by atoms with Crippen molar-refractivity contribution in [2.24, 2.45) is 11.7 Å². The summed E-state index contributed by atoms with van der Waals surface area (Å²) in [6.07, 6.45) is 11.1. The number of carboxylic acid groups (broad SMARTS) is 1. The van der Waals surface area contributed by atoms with Gasteiger partial charge in [0.15, 0.2) is 0 Å². The highest BCUT2D eigenvalue weighted by molar-refractivity contribution is 7.59. The monoisotopic (exact) mass is 345 g/mol. The lowest BCUT2D eigenvalue weighted by Crippen LogP contribution is -2.27. The van der Waals surface area contributed by atoms with E-state index in [9.17, 15) is 19.4 Å². The van der Waals surface area contributed by atoms with E-state index >= 15 is 0 Å². The molecule has 0 aromatic heterocycles. The molecule has 0 saturated heterocycles. The van der Waals surface area contributed by atoms with Gasteiger partial charge in [0, 0.05) is 5.57 Å². The lowest BCUT2D eigenvalue weighted by atomic mass is 9.87. The fraction of sp³-hybridized carbons (Fsp3) is 0.824. The molecule has 1 aliphatic rings. The van der Waals surface area contributed by atoms with E-state index in [1.807, 2.05) is 0 Å². The van der Waals surface area contributed by atoms with Gasteiger partial charge in [-0.15, -0.1) is 0 Å². The van der Waals surface area contributed by atoms with Crippen molar-refractivity contribution in [1.29, 1.82) is 0 Å². The van der Waals surface area contributed by atoms with E-state index in [-0.39, 0.29) is 11.7 Å². The standard InChI is InChI=1S/C17H32NO4P/c1-2-3-4-8-11-15(17(19)20)13-23(21,22)16(18)12-14-9-6-5-7-10-14/h11,14,16H,2-10,12-13,18H2,1H3,(H,19,20)(H,21,22). The summed E-state index contributed by atoms with van der Waals surface area (Å²) in [5.41, 5.74) is 6.01. The molecule has 2 atom stereocenters. The molecule has 134 valence electrons. The average Bonchev–Trinajstić information content (AvgIpc) is 2.51. The maximum atomic E-state index is 12.5. The van der Waals surface area contributed by atoms with E-state index in [1.165, 1.54) is 6.42 Å². The van der Waals surface area contributed by atoms with Crippen molar-refractivity contribution in [3.63, 3.8) is 0 Å². The van der Waals surface area contributed by atoms with E-state index < -0.39 is 19.1 Å². The summed E-state index contributed by atoms with van der Waals surface area (Å²) in [5, 5.41) is 9.25. The quantitative estimate of drug-likeness (QED) is 0.314. The normalized spacial score (nSPS) is 20.9. The largest absolute Gasteiger partial charge is 0.478 e. The van der Waals surface area contributed by atoms with Crippen LogP contribution in [-0.4, -0.2) is 27.9 Å². The topological polar surface area (TPSA) is 101 Å². The Hall–Kier alpha value is -0.640. The third-order valence-corrected chi connectivity index (χ3v) is 6.73. The van der Waals surface area contributed by atoms with Crippen molar-refractivity contribution in [2.75, 3.05) is 6.16 Å². The van der Waals surface area contributed by atoms with Gasteiger partial charge < -0.3 is 15.7 Å². The summed E-state index contributed by atoms with van der Waals surface area (Å²) < 4.78 is 12.5. The molecule has 0 aromatic carbocycles. The molecule has 6 heteroatoms. The lowest BCUT2D eigenvalue weighted by molar-refractivity contribution is -0.132. The zero-order valence-corrected chi connectivity index (χ0v) is 15.1. The molecular weight excluding hydrogens is 313 g/mol.